The van der Waals surface area contributed by atoms with Crippen molar-refractivity contribution in [2.75, 3.05) is 0 Å². The van der Waals surface area contributed by atoms with Gasteiger partial charge in [0.1, 0.15) is 11.3 Å². The number of fused-ring (bicyclic) bond motifs is 1. The maximum Gasteiger partial charge on any atom is 0.156 e. The summed E-state index contributed by atoms with van der Waals surface area (Å²) in [5.41, 5.74) is 3.89. The molecular formula is C16H13BrN2O. The largest absolute Gasteiger partial charge is 0.455 e. The summed E-state index contributed by atoms with van der Waals surface area (Å²) < 4.78 is 6.90. The quantitative estimate of drug-likeness (QED) is 0.677. The number of rotatable bonds is 2. The Morgan fingerprint density at radius 3 is 2.65 bits per heavy atom. The van der Waals surface area contributed by atoms with Crippen LogP contribution >= 0.6 is 15.9 Å². The third-order valence-corrected chi connectivity index (χ3v) is 3.49. The molecular weight excluding hydrogens is 316 g/mol. The highest BCUT2D eigenvalue weighted by Gasteiger charge is 2.08. The van der Waals surface area contributed by atoms with Crippen LogP contribution in [0.25, 0.3) is 11.0 Å². The number of nitrogens with zero attached hydrogens (tertiary/aromatic N) is 2. The molecule has 2 aromatic heterocycles. The molecule has 0 aliphatic rings. The minimum atomic E-state index is 0.717. The predicted molar refractivity (Wildman–Crippen MR) is 83.2 cm³/mol. The minimum Gasteiger partial charge on any atom is -0.455 e. The SMILES string of the molecule is Cc1ccc(Oc2ccnc3cc(Br)cnc23)c(C)c1. The number of benzene rings is 1. The number of hydrogen-bond acceptors (Lipinski definition) is 3. The second-order valence-corrected chi connectivity index (χ2v) is 5.62. The monoisotopic (exact) mass is 328 g/mol. The molecule has 0 bridgehead atoms. The second-order valence-electron chi connectivity index (χ2n) is 4.70. The summed E-state index contributed by atoms with van der Waals surface area (Å²) in [6.07, 6.45) is 3.48. The van der Waals surface area contributed by atoms with Gasteiger partial charge in [-0.1, -0.05) is 17.7 Å². The molecule has 0 fully saturated rings. The van der Waals surface area contributed by atoms with Gasteiger partial charge in [-0.25, -0.2) is 4.98 Å². The molecule has 1 aromatic carbocycles. The molecule has 100 valence electrons. The third-order valence-electron chi connectivity index (χ3n) is 3.06. The lowest BCUT2D eigenvalue weighted by Crippen LogP contribution is -1.92. The molecule has 0 aliphatic heterocycles. The van der Waals surface area contributed by atoms with E-state index in [1.807, 2.05) is 31.2 Å². The predicted octanol–water partition coefficient (Wildman–Crippen LogP) is 4.80. The second kappa shape index (κ2) is 5.21. The van der Waals surface area contributed by atoms with Gasteiger partial charge in [-0.05, 0) is 47.5 Å². The average Bonchev–Trinajstić information content (AvgIpc) is 2.41. The van der Waals surface area contributed by atoms with Crippen LogP contribution < -0.4 is 4.74 Å². The van der Waals surface area contributed by atoms with E-state index in [1.165, 1.54) is 5.56 Å². The Balaban J connectivity index is 2.06. The molecule has 20 heavy (non-hydrogen) atoms. The Morgan fingerprint density at radius 2 is 1.85 bits per heavy atom. The Hall–Kier alpha value is -1.94. The summed E-state index contributed by atoms with van der Waals surface area (Å²) in [6, 6.07) is 9.88. The van der Waals surface area contributed by atoms with Crippen LogP contribution in [0, 0.1) is 13.8 Å². The van der Waals surface area contributed by atoms with Gasteiger partial charge in [-0.15, -0.1) is 0 Å². The van der Waals surface area contributed by atoms with Crippen LogP contribution in [0.3, 0.4) is 0 Å². The van der Waals surface area contributed by atoms with Crippen LogP contribution in [0.4, 0.5) is 0 Å². The maximum absolute atomic E-state index is 6.00. The van der Waals surface area contributed by atoms with Crippen molar-refractivity contribution in [1.29, 1.82) is 0 Å². The van der Waals surface area contributed by atoms with E-state index in [-0.39, 0.29) is 0 Å². The maximum atomic E-state index is 6.00. The van der Waals surface area contributed by atoms with Gasteiger partial charge in [0.25, 0.3) is 0 Å². The van der Waals surface area contributed by atoms with Crippen LogP contribution in [-0.4, -0.2) is 9.97 Å². The van der Waals surface area contributed by atoms with Crippen molar-refractivity contribution in [2.45, 2.75) is 13.8 Å². The Bertz CT molecular complexity index is 787. The zero-order valence-corrected chi connectivity index (χ0v) is 12.8. The smallest absolute Gasteiger partial charge is 0.156 e. The van der Waals surface area contributed by atoms with Gasteiger partial charge in [-0.2, -0.15) is 0 Å². The van der Waals surface area contributed by atoms with E-state index in [1.54, 1.807) is 12.4 Å². The summed E-state index contributed by atoms with van der Waals surface area (Å²) in [6.45, 7) is 4.10. The molecule has 0 unspecified atom stereocenters. The number of aryl methyl sites for hydroxylation is 2. The molecule has 3 aromatic rings. The van der Waals surface area contributed by atoms with E-state index < -0.39 is 0 Å². The molecule has 0 N–H and O–H groups in total. The van der Waals surface area contributed by atoms with Crippen LogP contribution in [0.1, 0.15) is 11.1 Å². The third kappa shape index (κ3) is 2.51. The van der Waals surface area contributed by atoms with Gasteiger partial charge >= 0.3 is 0 Å². The first-order chi connectivity index (χ1) is 9.63. The van der Waals surface area contributed by atoms with Gasteiger partial charge in [0, 0.05) is 22.9 Å². The minimum absolute atomic E-state index is 0.717. The molecule has 0 atom stereocenters. The molecule has 0 saturated carbocycles. The molecule has 3 nitrogen and oxygen atoms in total. The summed E-state index contributed by atoms with van der Waals surface area (Å²) in [7, 11) is 0. The summed E-state index contributed by atoms with van der Waals surface area (Å²) >= 11 is 3.40. The molecule has 0 saturated heterocycles. The van der Waals surface area contributed by atoms with Crippen LogP contribution in [-0.2, 0) is 0 Å². The van der Waals surface area contributed by atoms with E-state index in [2.05, 4.69) is 38.9 Å². The summed E-state index contributed by atoms with van der Waals surface area (Å²) in [4.78, 5) is 8.70. The summed E-state index contributed by atoms with van der Waals surface area (Å²) in [5, 5.41) is 0. The number of hydrogen-bond donors (Lipinski definition) is 0. The zero-order valence-electron chi connectivity index (χ0n) is 11.2. The van der Waals surface area contributed by atoms with Gasteiger partial charge in [-0.3, -0.25) is 4.98 Å². The highest BCUT2D eigenvalue weighted by Crippen LogP contribution is 2.30. The molecule has 0 radical (unpaired) electrons. The van der Waals surface area contributed by atoms with Crippen molar-refractivity contribution >= 4 is 27.0 Å². The normalized spacial score (nSPS) is 10.8. The van der Waals surface area contributed by atoms with Crippen LogP contribution in [0.15, 0.2) is 47.2 Å². The van der Waals surface area contributed by atoms with E-state index in [9.17, 15) is 0 Å². The van der Waals surface area contributed by atoms with E-state index >= 15 is 0 Å². The fourth-order valence-electron chi connectivity index (χ4n) is 2.10. The molecule has 0 amide bonds. The highest BCUT2D eigenvalue weighted by atomic mass is 79.9. The number of pyridine rings is 2. The van der Waals surface area contributed by atoms with Crippen molar-refractivity contribution in [3.8, 4) is 11.5 Å². The molecule has 0 spiro atoms. The van der Waals surface area contributed by atoms with Crippen molar-refractivity contribution < 1.29 is 4.74 Å². The highest BCUT2D eigenvalue weighted by molar-refractivity contribution is 9.10. The average molecular weight is 329 g/mol. The molecule has 2 heterocycles. The lowest BCUT2D eigenvalue weighted by atomic mass is 10.1. The molecule has 4 heteroatoms. The Labute approximate surface area is 125 Å². The van der Waals surface area contributed by atoms with E-state index in [0.29, 0.717) is 0 Å². The number of aromatic nitrogens is 2. The summed E-state index contributed by atoms with van der Waals surface area (Å²) in [5.74, 6) is 1.56. The van der Waals surface area contributed by atoms with Crippen molar-refractivity contribution in [3.63, 3.8) is 0 Å². The number of halogens is 1. The first kappa shape index (κ1) is 13.1. The van der Waals surface area contributed by atoms with Gasteiger partial charge in [0.05, 0.1) is 5.52 Å². The van der Waals surface area contributed by atoms with Crippen LogP contribution in [0.2, 0.25) is 0 Å². The van der Waals surface area contributed by atoms with Gasteiger partial charge in [0.15, 0.2) is 5.75 Å². The van der Waals surface area contributed by atoms with Gasteiger partial charge < -0.3 is 4.74 Å². The van der Waals surface area contributed by atoms with Crippen molar-refractivity contribution in [2.24, 2.45) is 0 Å². The van der Waals surface area contributed by atoms with E-state index in [4.69, 9.17) is 4.74 Å². The number of ether oxygens (including phenoxy) is 1. The van der Waals surface area contributed by atoms with Crippen molar-refractivity contribution in [1.82, 2.24) is 9.97 Å². The van der Waals surface area contributed by atoms with E-state index in [0.717, 1.165) is 32.6 Å². The first-order valence-electron chi connectivity index (χ1n) is 6.29. The fraction of sp³-hybridized carbons (Fsp3) is 0.125. The topological polar surface area (TPSA) is 35.0 Å². The fourth-order valence-corrected chi connectivity index (χ4v) is 2.41. The van der Waals surface area contributed by atoms with Gasteiger partial charge in [0.2, 0.25) is 0 Å². The lowest BCUT2D eigenvalue weighted by molar-refractivity contribution is 0.482. The Morgan fingerprint density at radius 1 is 1.00 bits per heavy atom. The Kier molecular flexibility index (Phi) is 3.40. The molecule has 0 aliphatic carbocycles. The first-order valence-corrected chi connectivity index (χ1v) is 7.08. The standard InChI is InChI=1S/C16H13BrN2O/c1-10-3-4-14(11(2)7-10)20-15-5-6-18-13-8-12(17)9-19-16(13)15/h3-9H,1-2H3. The van der Waals surface area contributed by atoms with Crippen molar-refractivity contribution in [3.05, 3.63) is 58.3 Å². The lowest BCUT2D eigenvalue weighted by Gasteiger charge is -2.10. The van der Waals surface area contributed by atoms with Crippen LogP contribution in [0.5, 0.6) is 11.5 Å². The zero-order chi connectivity index (χ0) is 14.1. The molecule has 3 rings (SSSR count).